The van der Waals surface area contributed by atoms with Crippen LogP contribution in [0.2, 0.25) is 0 Å². The molecule has 1 N–H and O–H groups in total. The van der Waals surface area contributed by atoms with E-state index in [1.165, 1.54) is 6.07 Å². The van der Waals surface area contributed by atoms with Gasteiger partial charge in [-0.1, -0.05) is 42.0 Å². The number of carbonyl (C=O) groups is 2. The number of rotatable bonds is 4. The number of amides is 1. The number of aliphatic imine (C=N–C) groups is 1. The Morgan fingerprint density at radius 2 is 1.75 bits per heavy atom. The molecule has 2 aliphatic rings. The van der Waals surface area contributed by atoms with Crippen LogP contribution in [0.4, 0.5) is 10.1 Å². The predicted molar refractivity (Wildman–Crippen MR) is 120 cm³/mol. The molecular weight excluding hydrogens is 411 g/mol. The average molecular weight is 439 g/mol. The van der Waals surface area contributed by atoms with E-state index in [1.807, 2.05) is 47.1 Å². The number of piperazine rings is 1. The topological polar surface area (TPSA) is 74.2 Å². The molecule has 1 amide bonds. The number of halogens is 1. The molecular formula is C24H27FN4O3. The quantitative estimate of drug-likeness (QED) is 0.587. The highest BCUT2D eigenvalue weighted by Gasteiger charge is 2.42. The Kier molecular flexibility index (Phi) is 6.39. The van der Waals surface area contributed by atoms with Crippen molar-refractivity contribution in [3.63, 3.8) is 0 Å². The molecule has 0 unspecified atom stereocenters. The zero-order valence-corrected chi connectivity index (χ0v) is 18.3. The Bertz CT molecular complexity index is 1020. The second-order valence-electron chi connectivity index (χ2n) is 7.95. The standard InChI is InChI=1S/C24H27FN4O3/c1-3-32-23(31)20-21(17-10-8-16(2)9-11-17)26-24(27-22(20)30)29-14-12-28(13-15-29)19-7-5-4-6-18(19)25/h4-11,20-21H,3,12-15H2,1-2H3,(H,26,27,30)/t20-,21-/m1/s1. The number of para-hydroxylation sites is 1. The second kappa shape index (κ2) is 9.38. The average Bonchev–Trinajstić information content (AvgIpc) is 2.79. The number of nitrogens with one attached hydrogen (secondary N) is 1. The van der Waals surface area contributed by atoms with E-state index in [0.717, 1.165) is 11.1 Å². The summed E-state index contributed by atoms with van der Waals surface area (Å²) in [6.45, 7) is 6.19. The highest BCUT2D eigenvalue weighted by molar-refractivity contribution is 6.08. The summed E-state index contributed by atoms with van der Waals surface area (Å²) in [6, 6.07) is 13.7. The van der Waals surface area contributed by atoms with Crippen molar-refractivity contribution in [3.05, 3.63) is 65.5 Å². The maximum absolute atomic E-state index is 14.1. The largest absolute Gasteiger partial charge is 0.465 e. The van der Waals surface area contributed by atoms with Crippen molar-refractivity contribution in [2.24, 2.45) is 10.9 Å². The van der Waals surface area contributed by atoms with Crippen LogP contribution in [0.25, 0.3) is 0 Å². The molecule has 168 valence electrons. The van der Waals surface area contributed by atoms with Crippen LogP contribution in [-0.4, -0.2) is 55.5 Å². The van der Waals surface area contributed by atoms with Crippen molar-refractivity contribution >= 4 is 23.5 Å². The van der Waals surface area contributed by atoms with Crippen LogP contribution in [0.3, 0.4) is 0 Å². The molecule has 2 atom stereocenters. The summed E-state index contributed by atoms with van der Waals surface area (Å²) in [5.41, 5.74) is 2.43. The number of benzene rings is 2. The summed E-state index contributed by atoms with van der Waals surface area (Å²) in [7, 11) is 0. The highest BCUT2D eigenvalue weighted by atomic mass is 19.1. The summed E-state index contributed by atoms with van der Waals surface area (Å²) >= 11 is 0. The molecule has 1 fully saturated rings. The lowest BCUT2D eigenvalue weighted by molar-refractivity contribution is -0.153. The minimum atomic E-state index is -1.04. The normalized spacial score (nSPS) is 21.1. The molecule has 2 heterocycles. The van der Waals surface area contributed by atoms with E-state index in [-0.39, 0.29) is 12.4 Å². The molecule has 8 heteroatoms. The number of carbonyl (C=O) groups excluding carboxylic acids is 2. The first-order chi connectivity index (χ1) is 15.5. The Labute approximate surface area is 186 Å². The van der Waals surface area contributed by atoms with Gasteiger partial charge in [0.05, 0.1) is 12.3 Å². The van der Waals surface area contributed by atoms with Gasteiger partial charge in [-0.05, 0) is 31.5 Å². The van der Waals surface area contributed by atoms with Gasteiger partial charge >= 0.3 is 5.97 Å². The molecule has 1 saturated heterocycles. The van der Waals surface area contributed by atoms with E-state index in [2.05, 4.69) is 5.32 Å². The van der Waals surface area contributed by atoms with E-state index >= 15 is 0 Å². The van der Waals surface area contributed by atoms with Crippen molar-refractivity contribution < 1.29 is 18.7 Å². The Morgan fingerprint density at radius 3 is 2.41 bits per heavy atom. The third-order valence-electron chi connectivity index (χ3n) is 5.83. The fourth-order valence-corrected chi connectivity index (χ4v) is 4.10. The molecule has 0 spiro atoms. The van der Waals surface area contributed by atoms with Crippen LogP contribution in [0.15, 0.2) is 53.5 Å². The summed E-state index contributed by atoms with van der Waals surface area (Å²) in [4.78, 5) is 34.3. The maximum atomic E-state index is 14.1. The first kappa shape index (κ1) is 21.8. The number of nitrogens with zero attached hydrogens (tertiary/aromatic N) is 3. The van der Waals surface area contributed by atoms with Gasteiger partial charge in [0.2, 0.25) is 11.9 Å². The van der Waals surface area contributed by atoms with E-state index in [4.69, 9.17) is 9.73 Å². The first-order valence-electron chi connectivity index (χ1n) is 10.8. The molecule has 32 heavy (non-hydrogen) atoms. The van der Waals surface area contributed by atoms with Gasteiger partial charge in [0.15, 0.2) is 5.92 Å². The van der Waals surface area contributed by atoms with Gasteiger partial charge in [-0.15, -0.1) is 0 Å². The molecule has 0 bridgehead atoms. The van der Waals surface area contributed by atoms with Gasteiger partial charge in [-0.25, -0.2) is 9.38 Å². The summed E-state index contributed by atoms with van der Waals surface area (Å²) < 4.78 is 19.3. The Morgan fingerprint density at radius 1 is 1.09 bits per heavy atom. The van der Waals surface area contributed by atoms with Gasteiger partial charge < -0.3 is 14.5 Å². The van der Waals surface area contributed by atoms with Gasteiger partial charge in [0.25, 0.3) is 0 Å². The van der Waals surface area contributed by atoms with Crippen molar-refractivity contribution in [2.45, 2.75) is 19.9 Å². The number of aryl methyl sites for hydroxylation is 1. The minimum absolute atomic E-state index is 0.192. The number of esters is 1. The van der Waals surface area contributed by atoms with Crippen molar-refractivity contribution in [3.8, 4) is 0 Å². The minimum Gasteiger partial charge on any atom is -0.465 e. The van der Waals surface area contributed by atoms with Gasteiger partial charge in [0, 0.05) is 26.2 Å². The third-order valence-corrected chi connectivity index (χ3v) is 5.83. The molecule has 2 aromatic rings. The van der Waals surface area contributed by atoms with Crippen LogP contribution in [0.1, 0.15) is 24.1 Å². The highest BCUT2D eigenvalue weighted by Crippen LogP contribution is 2.31. The number of guanidine groups is 1. The second-order valence-corrected chi connectivity index (χ2v) is 7.95. The molecule has 0 saturated carbocycles. The van der Waals surface area contributed by atoms with E-state index in [0.29, 0.717) is 37.8 Å². The molecule has 2 aliphatic heterocycles. The Balaban J connectivity index is 1.56. The number of hydrogen-bond donors (Lipinski definition) is 1. The number of ether oxygens (including phenoxy) is 1. The van der Waals surface area contributed by atoms with E-state index in [1.54, 1.807) is 19.1 Å². The lowest BCUT2D eigenvalue weighted by Crippen LogP contribution is -2.57. The van der Waals surface area contributed by atoms with Gasteiger partial charge in [-0.3, -0.25) is 14.9 Å². The number of anilines is 1. The third kappa shape index (κ3) is 4.44. The fraction of sp³-hybridized carbons (Fsp3) is 0.375. The van der Waals surface area contributed by atoms with Crippen LogP contribution < -0.4 is 10.2 Å². The summed E-state index contributed by atoms with van der Waals surface area (Å²) in [6.07, 6.45) is 0. The SMILES string of the molecule is CCOC(=O)[C@H]1C(=O)NC(N2CCN(c3ccccc3F)CC2)=N[C@@H]1c1ccc(C)cc1. The molecule has 7 nitrogen and oxygen atoms in total. The van der Waals surface area contributed by atoms with Crippen molar-refractivity contribution in [2.75, 3.05) is 37.7 Å². The van der Waals surface area contributed by atoms with Crippen molar-refractivity contribution in [1.29, 1.82) is 0 Å². The van der Waals surface area contributed by atoms with Crippen molar-refractivity contribution in [1.82, 2.24) is 10.2 Å². The van der Waals surface area contributed by atoms with E-state index < -0.39 is 23.8 Å². The Hall–Kier alpha value is -3.42. The summed E-state index contributed by atoms with van der Waals surface area (Å²) in [5.74, 6) is -1.85. The van der Waals surface area contributed by atoms with Crippen LogP contribution in [-0.2, 0) is 14.3 Å². The molecule has 0 radical (unpaired) electrons. The zero-order valence-electron chi connectivity index (χ0n) is 18.3. The molecule has 0 aromatic heterocycles. The van der Waals surface area contributed by atoms with Gasteiger partial charge in [0.1, 0.15) is 11.9 Å². The summed E-state index contributed by atoms with van der Waals surface area (Å²) in [5, 5.41) is 2.80. The van der Waals surface area contributed by atoms with Gasteiger partial charge in [-0.2, -0.15) is 0 Å². The van der Waals surface area contributed by atoms with Crippen LogP contribution >= 0.6 is 0 Å². The van der Waals surface area contributed by atoms with Crippen LogP contribution in [0.5, 0.6) is 0 Å². The smallest absolute Gasteiger partial charge is 0.321 e. The molecule has 4 rings (SSSR count). The first-order valence-corrected chi connectivity index (χ1v) is 10.8. The van der Waals surface area contributed by atoms with Crippen LogP contribution in [0, 0.1) is 18.7 Å². The lowest BCUT2D eigenvalue weighted by Gasteiger charge is -2.39. The fourth-order valence-electron chi connectivity index (χ4n) is 4.10. The molecule has 2 aromatic carbocycles. The lowest BCUT2D eigenvalue weighted by atomic mass is 9.91. The monoisotopic (exact) mass is 438 g/mol. The number of hydrogen-bond acceptors (Lipinski definition) is 6. The van der Waals surface area contributed by atoms with E-state index in [9.17, 15) is 14.0 Å². The molecule has 0 aliphatic carbocycles. The zero-order chi connectivity index (χ0) is 22.7. The predicted octanol–water partition coefficient (Wildman–Crippen LogP) is 2.66. The maximum Gasteiger partial charge on any atom is 0.321 e.